The zero-order chi connectivity index (χ0) is 19.1. The Labute approximate surface area is 156 Å². The van der Waals surface area contributed by atoms with E-state index in [9.17, 15) is 14.4 Å². The van der Waals surface area contributed by atoms with E-state index in [-0.39, 0.29) is 30.1 Å². The van der Waals surface area contributed by atoms with E-state index < -0.39 is 24.2 Å². The first-order valence-corrected chi connectivity index (χ1v) is 8.83. The molecule has 3 aliphatic heterocycles. The van der Waals surface area contributed by atoms with Crippen molar-refractivity contribution in [1.29, 1.82) is 0 Å². The molecule has 9 heteroatoms. The number of amidine groups is 1. The number of nitrogens with one attached hydrogen (secondary N) is 2. The van der Waals surface area contributed by atoms with Crippen LogP contribution in [0.2, 0.25) is 0 Å². The molecule has 9 nitrogen and oxygen atoms in total. The van der Waals surface area contributed by atoms with Crippen molar-refractivity contribution >= 4 is 35.6 Å². The van der Waals surface area contributed by atoms with Gasteiger partial charge in [0, 0.05) is 6.21 Å². The fourth-order valence-electron chi connectivity index (χ4n) is 3.37. The predicted molar refractivity (Wildman–Crippen MR) is 99.1 cm³/mol. The summed E-state index contributed by atoms with van der Waals surface area (Å²) in [5.41, 5.74) is 0.814. The van der Waals surface area contributed by atoms with Crippen LogP contribution in [0.25, 0.3) is 0 Å². The summed E-state index contributed by atoms with van der Waals surface area (Å²) in [6, 6.07) is 8.39. The molecule has 4 rings (SSSR count). The highest BCUT2D eigenvalue weighted by Gasteiger charge is 2.43. The minimum Gasteiger partial charge on any atom is -0.326 e. The number of carbonyl (C=O) groups is 3. The van der Waals surface area contributed by atoms with Crippen LogP contribution >= 0.6 is 0 Å². The average molecular weight is 368 g/mol. The lowest BCUT2D eigenvalue weighted by molar-refractivity contribution is -0.128. The van der Waals surface area contributed by atoms with E-state index in [4.69, 9.17) is 0 Å². The molecule has 4 amide bonds. The smallest absolute Gasteiger partial charge is 0.325 e. The second kappa shape index (κ2) is 6.49. The number of hydrazone groups is 1. The number of para-hydroxylation sites is 1. The number of carbonyl (C=O) groups excluding carboxylic acids is 3. The van der Waals surface area contributed by atoms with Crippen LogP contribution in [0.1, 0.15) is 13.8 Å². The molecular formula is C18H20N6O3. The highest BCUT2D eigenvalue weighted by molar-refractivity contribution is 6.12. The predicted octanol–water partition coefficient (Wildman–Crippen LogP) is 0.539. The van der Waals surface area contributed by atoms with Gasteiger partial charge >= 0.3 is 6.03 Å². The van der Waals surface area contributed by atoms with Crippen LogP contribution in [-0.2, 0) is 9.59 Å². The van der Waals surface area contributed by atoms with E-state index in [0.29, 0.717) is 0 Å². The van der Waals surface area contributed by atoms with E-state index in [2.05, 4.69) is 20.7 Å². The molecule has 0 aromatic heterocycles. The molecule has 0 radical (unpaired) electrons. The van der Waals surface area contributed by atoms with Crippen LogP contribution in [0.3, 0.4) is 0 Å². The van der Waals surface area contributed by atoms with Gasteiger partial charge in [0.2, 0.25) is 5.91 Å². The molecule has 0 unspecified atom stereocenters. The minimum atomic E-state index is -0.555. The molecule has 0 aliphatic carbocycles. The fourth-order valence-corrected chi connectivity index (χ4v) is 3.37. The molecule has 1 aromatic rings. The first-order chi connectivity index (χ1) is 13.0. The third kappa shape index (κ3) is 2.94. The van der Waals surface area contributed by atoms with Gasteiger partial charge in [0.25, 0.3) is 5.91 Å². The van der Waals surface area contributed by atoms with Crippen LogP contribution in [0.5, 0.6) is 0 Å². The summed E-state index contributed by atoms with van der Waals surface area (Å²) in [6.07, 6.45) is 1.04. The molecule has 3 aliphatic rings. The Morgan fingerprint density at radius 2 is 1.89 bits per heavy atom. The summed E-state index contributed by atoms with van der Waals surface area (Å²) < 4.78 is 0. The SMILES string of the molecule is CC(C)[C@H]1NC(=O)N(CC2=N[C@@H]3[C@@H](C=NN3c3ccccc3)C(=O)N2)C1=O. The summed E-state index contributed by atoms with van der Waals surface area (Å²) in [6.45, 7) is 3.65. The minimum absolute atomic E-state index is 0.0180. The van der Waals surface area contributed by atoms with Gasteiger partial charge in [-0.25, -0.2) is 14.8 Å². The number of anilines is 1. The molecule has 0 saturated carbocycles. The van der Waals surface area contributed by atoms with Crippen molar-refractivity contribution in [3.8, 4) is 0 Å². The summed E-state index contributed by atoms with van der Waals surface area (Å²) >= 11 is 0. The normalized spacial score (nSPS) is 27.0. The molecule has 140 valence electrons. The molecular weight excluding hydrogens is 348 g/mol. The number of fused-ring (bicyclic) bond motifs is 1. The Hall–Kier alpha value is -3.23. The maximum Gasteiger partial charge on any atom is 0.325 e. The monoisotopic (exact) mass is 368 g/mol. The number of rotatable bonds is 4. The zero-order valence-corrected chi connectivity index (χ0v) is 15.0. The molecule has 3 atom stereocenters. The van der Waals surface area contributed by atoms with Gasteiger partial charge in [0.15, 0.2) is 6.17 Å². The van der Waals surface area contributed by atoms with Gasteiger partial charge in [-0.2, -0.15) is 5.10 Å². The van der Waals surface area contributed by atoms with Crippen LogP contribution in [0.4, 0.5) is 10.5 Å². The summed E-state index contributed by atoms with van der Waals surface area (Å²) in [7, 11) is 0. The van der Waals surface area contributed by atoms with Crippen molar-refractivity contribution in [1.82, 2.24) is 15.5 Å². The molecule has 27 heavy (non-hydrogen) atoms. The highest BCUT2D eigenvalue weighted by atomic mass is 16.2. The van der Waals surface area contributed by atoms with Crippen molar-refractivity contribution in [2.24, 2.45) is 21.9 Å². The van der Waals surface area contributed by atoms with E-state index in [1.807, 2.05) is 44.2 Å². The average Bonchev–Trinajstić information content (AvgIpc) is 3.19. The Kier molecular flexibility index (Phi) is 4.14. The highest BCUT2D eigenvalue weighted by Crippen LogP contribution is 2.28. The Balaban J connectivity index is 1.57. The van der Waals surface area contributed by atoms with Crippen molar-refractivity contribution in [3.63, 3.8) is 0 Å². The molecule has 1 aromatic carbocycles. The van der Waals surface area contributed by atoms with Crippen molar-refractivity contribution < 1.29 is 14.4 Å². The van der Waals surface area contributed by atoms with E-state index >= 15 is 0 Å². The Morgan fingerprint density at radius 3 is 2.56 bits per heavy atom. The molecule has 1 saturated heterocycles. The van der Waals surface area contributed by atoms with Gasteiger partial charge in [-0.1, -0.05) is 32.0 Å². The lowest BCUT2D eigenvalue weighted by Gasteiger charge is -2.29. The van der Waals surface area contributed by atoms with Gasteiger partial charge in [0.1, 0.15) is 17.8 Å². The number of aliphatic imine (C=N–C) groups is 1. The van der Waals surface area contributed by atoms with Gasteiger partial charge in [-0.3, -0.25) is 14.5 Å². The Bertz CT molecular complexity index is 850. The van der Waals surface area contributed by atoms with E-state index in [1.54, 1.807) is 11.2 Å². The summed E-state index contributed by atoms with van der Waals surface area (Å²) in [5.74, 6) is -0.812. The van der Waals surface area contributed by atoms with Crippen molar-refractivity contribution in [2.75, 3.05) is 11.6 Å². The van der Waals surface area contributed by atoms with Crippen molar-refractivity contribution in [2.45, 2.75) is 26.1 Å². The fraction of sp³-hybridized carbons (Fsp3) is 0.389. The zero-order valence-electron chi connectivity index (χ0n) is 15.0. The largest absolute Gasteiger partial charge is 0.326 e. The molecule has 3 heterocycles. The van der Waals surface area contributed by atoms with Crippen LogP contribution < -0.4 is 15.6 Å². The van der Waals surface area contributed by atoms with Crippen molar-refractivity contribution in [3.05, 3.63) is 30.3 Å². The maximum atomic E-state index is 12.5. The third-order valence-corrected chi connectivity index (χ3v) is 4.83. The van der Waals surface area contributed by atoms with Gasteiger partial charge < -0.3 is 10.6 Å². The lowest BCUT2D eigenvalue weighted by Crippen LogP contribution is -2.52. The van der Waals surface area contributed by atoms with Crippen LogP contribution in [0.15, 0.2) is 40.4 Å². The standard InChI is InChI=1S/C18H20N6O3/c1-10(2)14-17(26)23(18(27)22-14)9-13-20-15-12(16(25)21-13)8-19-24(15)11-6-4-3-5-7-11/h3-8,10,12,14-15H,9H2,1-2H3,(H,22,27)(H,20,21,25)/t12-,14-,15+/m1/s1. The quantitative estimate of drug-likeness (QED) is 0.757. The molecule has 2 N–H and O–H groups in total. The third-order valence-electron chi connectivity index (χ3n) is 4.83. The van der Waals surface area contributed by atoms with Gasteiger partial charge in [-0.05, 0) is 18.1 Å². The second-order valence-corrected chi connectivity index (χ2v) is 7.04. The number of nitrogens with zero attached hydrogens (tertiary/aromatic N) is 4. The maximum absolute atomic E-state index is 12.5. The molecule has 0 spiro atoms. The van der Waals surface area contributed by atoms with E-state index in [0.717, 1.165) is 10.6 Å². The van der Waals surface area contributed by atoms with Gasteiger partial charge in [0.05, 0.1) is 12.2 Å². The number of amides is 4. The lowest BCUT2D eigenvalue weighted by atomic mass is 10.0. The number of benzene rings is 1. The number of hydrogen-bond donors (Lipinski definition) is 2. The second-order valence-electron chi connectivity index (χ2n) is 7.04. The Morgan fingerprint density at radius 1 is 1.15 bits per heavy atom. The molecule has 0 bridgehead atoms. The number of imide groups is 1. The number of hydrogen-bond acceptors (Lipinski definition) is 6. The van der Waals surface area contributed by atoms with E-state index in [1.165, 1.54) is 0 Å². The van der Waals surface area contributed by atoms with Gasteiger partial charge in [-0.15, -0.1) is 0 Å². The first kappa shape index (κ1) is 17.2. The van der Waals surface area contributed by atoms with Crippen LogP contribution in [-0.4, -0.2) is 53.5 Å². The number of urea groups is 1. The summed E-state index contributed by atoms with van der Waals surface area (Å²) in [4.78, 5) is 42.7. The topological polar surface area (TPSA) is 106 Å². The van der Waals surface area contributed by atoms with Crippen LogP contribution in [0, 0.1) is 11.8 Å². The summed E-state index contributed by atoms with van der Waals surface area (Å²) in [5, 5.41) is 11.3. The first-order valence-electron chi connectivity index (χ1n) is 8.83. The molecule has 1 fully saturated rings.